The second-order valence-electron chi connectivity index (χ2n) is 5.86. The molecule has 3 rings (SSSR count). The van der Waals surface area contributed by atoms with Crippen LogP contribution in [0.15, 0.2) is 54.6 Å². The highest BCUT2D eigenvalue weighted by atomic mass is 16.2. The summed E-state index contributed by atoms with van der Waals surface area (Å²) in [4.78, 5) is 37.5. The molecule has 0 saturated carbocycles. The number of nitrogens with one attached hydrogen (secondary N) is 1. The van der Waals surface area contributed by atoms with Gasteiger partial charge in [0.05, 0.1) is 5.92 Å². The Bertz CT molecular complexity index is 769. The van der Waals surface area contributed by atoms with Crippen molar-refractivity contribution in [1.29, 1.82) is 0 Å². The van der Waals surface area contributed by atoms with Crippen molar-refractivity contribution in [3.8, 4) is 0 Å². The Morgan fingerprint density at radius 3 is 2.33 bits per heavy atom. The molecule has 0 spiro atoms. The molecule has 0 aliphatic carbocycles. The molecular formula is C19H18N2O3. The Morgan fingerprint density at radius 1 is 1.04 bits per heavy atom. The number of hydrogen-bond acceptors (Lipinski definition) is 3. The first kappa shape index (κ1) is 15.9. The summed E-state index contributed by atoms with van der Waals surface area (Å²) in [6, 6.07) is 16.1. The minimum absolute atomic E-state index is 0.0206. The number of anilines is 2. The van der Waals surface area contributed by atoms with Gasteiger partial charge in [-0.3, -0.25) is 14.4 Å². The Kier molecular flexibility index (Phi) is 4.42. The van der Waals surface area contributed by atoms with E-state index in [2.05, 4.69) is 5.32 Å². The molecule has 2 aromatic carbocycles. The largest absolute Gasteiger partial charge is 0.326 e. The van der Waals surface area contributed by atoms with Crippen molar-refractivity contribution >= 4 is 29.0 Å². The maximum atomic E-state index is 12.4. The molecule has 1 heterocycles. The first-order valence-electron chi connectivity index (χ1n) is 7.82. The summed E-state index contributed by atoms with van der Waals surface area (Å²) < 4.78 is 0. The number of carbonyl (C=O) groups excluding carboxylic acids is 3. The van der Waals surface area contributed by atoms with Crippen LogP contribution in [0.4, 0.5) is 11.4 Å². The van der Waals surface area contributed by atoms with Gasteiger partial charge in [-0.1, -0.05) is 18.2 Å². The van der Waals surface area contributed by atoms with Gasteiger partial charge in [0.1, 0.15) is 0 Å². The fourth-order valence-electron chi connectivity index (χ4n) is 2.77. The predicted molar refractivity (Wildman–Crippen MR) is 92.0 cm³/mol. The molecule has 0 bridgehead atoms. The summed E-state index contributed by atoms with van der Waals surface area (Å²) in [6.07, 6.45) is 0.201. The molecule has 122 valence electrons. The van der Waals surface area contributed by atoms with E-state index in [1.54, 1.807) is 29.2 Å². The molecule has 2 amide bonds. The highest BCUT2D eigenvalue weighted by Gasteiger charge is 2.35. The molecule has 24 heavy (non-hydrogen) atoms. The Labute approximate surface area is 140 Å². The summed E-state index contributed by atoms with van der Waals surface area (Å²) in [5, 5.41) is 2.81. The van der Waals surface area contributed by atoms with Gasteiger partial charge in [0, 0.05) is 29.9 Å². The SMILES string of the molecule is CC(=O)c1ccc(NC(=O)C2CC(=O)N(c3ccccc3)C2)cc1. The van der Waals surface area contributed by atoms with E-state index >= 15 is 0 Å². The van der Waals surface area contributed by atoms with E-state index in [0.717, 1.165) is 5.69 Å². The standard InChI is InChI=1S/C19H18N2O3/c1-13(22)14-7-9-16(10-8-14)20-19(24)15-11-18(23)21(12-15)17-5-3-2-4-6-17/h2-10,15H,11-12H2,1H3,(H,20,24). The number of hydrogen-bond donors (Lipinski definition) is 1. The van der Waals surface area contributed by atoms with Crippen LogP contribution < -0.4 is 10.2 Å². The Morgan fingerprint density at radius 2 is 1.71 bits per heavy atom. The van der Waals surface area contributed by atoms with Crippen LogP contribution in [0.1, 0.15) is 23.7 Å². The molecule has 1 aliphatic heterocycles. The molecule has 1 atom stereocenters. The fraction of sp³-hybridized carbons (Fsp3) is 0.211. The molecule has 0 aromatic heterocycles. The Balaban J connectivity index is 1.66. The van der Waals surface area contributed by atoms with E-state index in [0.29, 0.717) is 17.8 Å². The zero-order chi connectivity index (χ0) is 17.1. The highest BCUT2D eigenvalue weighted by Crippen LogP contribution is 2.25. The van der Waals surface area contributed by atoms with Crippen LogP contribution in [-0.4, -0.2) is 24.1 Å². The quantitative estimate of drug-likeness (QED) is 0.880. The van der Waals surface area contributed by atoms with Crippen molar-refractivity contribution < 1.29 is 14.4 Å². The Hall–Kier alpha value is -2.95. The molecule has 5 heteroatoms. The van der Waals surface area contributed by atoms with Crippen LogP contribution in [0.5, 0.6) is 0 Å². The van der Waals surface area contributed by atoms with Crippen molar-refractivity contribution in [3.05, 3.63) is 60.2 Å². The average molecular weight is 322 g/mol. The molecular weight excluding hydrogens is 304 g/mol. The summed E-state index contributed by atoms with van der Waals surface area (Å²) >= 11 is 0. The first-order valence-corrected chi connectivity index (χ1v) is 7.82. The number of nitrogens with zero attached hydrogens (tertiary/aromatic N) is 1. The lowest BCUT2D eigenvalue weighted by molar-refractivity contribution is -0.122. The fourth-order valence-corrected chi connectivity index (χ4v) is 2.77. The third-order valence-corrected chi connectivity index (χ3v) is 4.12. The van der Waals surface area contributed by atoms with Crippen molar-refractivity contribution in [2.24, 2.45) is 5.92 Å². The summed E-state index contributed by atoms with van der Waals surface area (Å²) in [6.45, 7) is 1.87. The van der Waals surface area contributed by atoms with E-state index < -0.39 is 0 Å². The monoisotopic (exact) mass is 322 g/mol. The number of rotatable bonds is 4. The third kappa shape index (κ3) is 3.35. The van der Waals surface area contributed by atoms with Gasteiger partial charge in [-0.2, -0.15) is 0 Å². The lowest BCUT2D eigenvalue weighted by Crippen LogP contribution is -2.28. The van der Waals surface area contributed by atoms with Crippen LogP contribution in [-0.2, 0) is 9.59 Å². The van der Waals surface area contributed by atoms with E-state index in [4.69, 9.17) is 0 Å². The van der Waals surface area contributed by atoms with Crippen molar-refractivity contribution in [1.82, 2.24) is 0 Å². The van der Waals surface area contributed by atoms with Gasteiger partial charge < -0.3 is 10.2 Å². The average Bonchev–Trinajstić information content (AvgIpc) is 2.98. The molecule has 0 radical (unpaired) electrons. The minimum Gasteiger partial charge on any atom is -0.326 e. The number of Topliss-reactive ketones (excluding diaryl/α,β-unsaturated/α-hetero) is 1. The molecule has 2 aromatic rings. The molecule has 1 unspecified atom stereocenters. The molecule has 1 N–H and O–H groups in total. The number of para-hydroxylation sites is 1. The predicted octanol–water partition coefficient (Wildman–Crippen LogP) is 2.88. The third-order valence-electron chi connectivity index (χ3n) is 4.12. The van der Waals surface area contributed by atoms with Crippen LogP contribution in [0, 0.1) is 5.92 Å². The van der Waals surface area contributed by atoms with E-state index in [-0.39, 0.29) is 29.9 Å². The van der Waals surface area contributed by atoms with Crippen LogP contribution in [0.25, 0.3) is 0 Å². The lowest BCUT2D eigenvalue weighted by atomic mass is 10.1. The maximum Gasteiger partial charge on any atom is 0.229 e. The smallest absolute Gasteiger partial charge is 0.229 e. The number of benzene rings is 2. The summed E-state index contributed by atoms with van der Waals surface area (Å²) in [5.74, 6) is -0.636. The van der Waals surface area contributed by atoms with Crippen LogP contribution in [0.2, 0.25) is 0 Å². The maximum absolute atomic E-state index is 12.4. The van der Waals surface area contributed by atoms with Gasteiger partial charge in [-0.15, -0.1) is 0 Å². The number of ketones is 1. The van der Waals surface area contributed by atoms with Crippen LogP contribution >= 0.6 is 0 Å². The zero-order valence-corrected chi connectivity index (χ0v) is 13.4. The number of amides is 2. The highest BCUT2D eigenvalue weighted by molar-refractivity contribution is 6.03. The van der Waals surface area contributed by atoms with Crippen molar-refractivity contribution in [2.45, 2.75) is 13.3 Å². The van der Waals surface area contributed by atoms with Gasteiger partial charge >= 0.3 is 0 Å². The lowest BCUT2D eigenvalue weighted by Gasteiger charge is -2.16. The summed E-state index contributed by atoms with van der Waals surface area (Å²) in [5.41, 5.74) is 2.03. The molecule has 1 fully saturated rings. The van der Waals surface area contributed by atoms with E-state index in [1.807, 2.05) is 30.3 Å². The normalized spacial score (nSPS) is 17.0. The van der Waals surface area contributed by atoms with Gasteiger partial charge in [-0.05, 0) is 43.3 Å². The minimum atomic E-state index is -0.384. The number of carbonyl (C=O) groups is 3. The van der Waals surface area contributed by atoms with Crippen molar-refractivity contribution in [2.75, 3.05) is 16.8 Å². The van der Waals surface area contributed by atoms with Gasteiger partial charge in [0.15, 0.2) is 5.78 Å². The molecule has 1 saturated heterocycles. The topological polar surface area (TPSA) is 66.5 Å². The van der Waals surface area contributed by atoms with Gasteiger partial charge in [0.25, 0.3) is 0 Å². The zero-order valence-electron chi connectivity index (χ0n) is 13.4. The second kappa shape index (κ2) is 6.66. The van der Waals surface area contributed by atoms with E-state index in [9.17, 15) is 14.4 Å². The summed E-state index contributed by atoms with van der Waals surface area (Å²) in [7, 11) is 0. The first-order chi connectivity index (χ1) is 11.5. The van der Waals surface area contributed by atoms with E-state index in [1.165, 1.54) is 6.92 Å². The van der Waals surface area contributed by atoms with Crippen molar-refractivity contribution in [3.63, 3.8) is 0 Å². The molecule has 5 nitrogen and oxygen atoms in total. The van der Waals surface area contributed by atoms with Gasteiger partial charge in [0.2, 0.25) is 11.8 Å². The molecule has 1 aliphatic rings. The van der Waals surface area contributed by atoms with Crippen LogP contribution in [0.3, 0.4) is 0 Å². The second-order valence-corrected chi connectivity index (χ2v) is 5.86. The van der Waals surface area contributed by atoms with Gasteiger partial charge in [-0.25, -0.2) is 0 Å².